The van der Waals surface area contributed by atoms with Crippen LogP contribution in [0.15, 0.2) is 0 Å². The molecule has 0 bridgehead atoms. The van der Waals surface area contributed by atoms with Gasteiger partial charge in [0.15, 0.2) is 0 Å². The molecule has 0 aromatic carbocycles. The van der Waals surface area contributed by atoms with Gasteiger partial charge in [0.05, 0.1) is 11.7 Å². The molecule has 1 saturated heterocycles. The van der Waals surface area contributed by atoms with Crippen molar-refractivity contribution in [3.05, 3.63) is 0 Å². The molecule has 20 heavy (non-hydrogen) atoms. The number of hydrogen-bond acceptors (Lipinski definition) is 2. The minimum Gasteiger partial charge on any atom is -0.372 e. The highest BCUT2D eigenvalue weighted by atomic mass is 16.5. The fourth-order valence-corrected chi connectivity index (χ4v) is 5.00. The summed E-state index contributed by atoms with van der Waals surface area (Å²) in [5.74, 6) is 0.935. The molecule has 3 fully saturated rings. The van der Waals surface area contributed by atoms with E-state index < -0.39 is 0 Å². The van der Waals surface area contributed by atoms with Crippen LogP contribution in [0.1, 0.15) is 83.5 Å². The molecule has 2 aliphatic carbocycles. The molecule has 0 aromatic rings. The van der Waals surface area contributed by atoms with Crippen LogP contribution < -0.4 is 5.32 Å². The van der Waals surface area contributed by atoms with Gasteiger partial charge in [-0.05, 0) is 64.3 Å². The maximum Gasteiger partial charge on any atom is 0.0687 e. The average Bonchev–Trinajstić information content (AvgIpc) is 3.12. The molecular formula is C18H33NO. The first-order valence-corrected chi connectivity index (χ1v) is 9.16. The Hall–Kier alpha value is -0.0800. The van der Waals surface area contributed by atoms with Crippen molar-refractivity contribution in [2.45, 2.75) is 101 Å². The van der Waals surface area contributed by atoms with Crippen molar-refractivity contribution < 1.29 is 4.74 Å². The van der Waals surface area contributed by atoms with Crippen LogP contribution in [0, 0.1) is 5.92 Å². The number of ether oxygens (including phenoxy) is 1. The molecule has 3 aliphatic rings. The summed E-state index contributed by atoms with van der Waals surface area (Å²) in [5.41, 5.74) is 0.311. The van der Waals surface area contributed by atoms with Crippen molar-refractivity contribution in [1.29, 1.82) is 0 Å². The minimum atomic E-state index is 0.311. The third kappa shape index (κ3) is 3.39. The summed E-state index contributed by atoms with van der Waals surface area (Å²) in [5, 5.41) is 3.58. The molecule has 2 atom stereocenters. The summed E-state index contributed by atoms with van der Waals surface area (Å²) in [7, 11) is 2.15. The van der Waals surface area contributed by atoms with Gasteiger partial charge in [0, 0.05) is 6.04 Å². The van der Waals surface area contributed by atoms with Crippen LogP contribution >= 0.6 is 0 Å². The van der Waals surface area contributed by atoms with Gasteiger partial charge in [0.2, 0.25) is 0 Å². The van der Waals surface area contributed by atoms with Crippen molar-refractivity contribution >= 4 is 0 Å². The van der Waals surface area contributed by atoms with E-state index in [0.29, 0.717) is 11.7 Å². The molecule has 2 unspecified atom stereocenters. The van der Waals surface area contributed by atoms with Gasteiger partial charge in [-0.3, -0.25) is 0 Å². The summed E-state index contributed by atoms with van der Waals surface area (Å²) in [6.45, 7) is 0. The molecule has 0 radical (unpaired) electrons. The number of rotatable bonds is 5. The zero-order valence-electron chi connectivity index (χ0n) is 13.3. The van der Waals surface area contributed by atoms with Crippen LogP contribution in [0.25, 0.3) is 0 Å². The standard InChI is InChI=1S/C18H33NO/c1-19-17(15-7-3-4-8-15)10-9-16-11-14-18(20-16)12-5-2-6-13-18/h15-17,19H,2-14H2,1H3. The quantitative estimate of drug-likeness (QED) is 0.804. The molecule has 0 amide bonds. The zero-order valence-corrected chi connectivity index (χ0v) is 13.3. The van der Waals surface area contributed by atoms with Crippen LogP contribution in [0.4, 0.5) is 0 Å². The van der Waals surface area contributed by atoms with Gasteiger partial charge in [-0.1, -0.05) is 32.1 Å². The Morgan fingerprint density at radius 2 is 1.75 bits per heavy atom. The predicted molar refractivity (Wildman–Crippen MR) is 84.0 cm³/mol. The summed E-state index contributed by atoms with van der Waals surface area (Å²) in [6, 6.07) is 0.740. The molecule has 2 nitrogen and oxygen atoms in total. The van der Waals surface area contributed by atoms with Gasteiger partial charge in [0.1, 0.15) is 0 Å². The third-order valence-corrected chi connectivity index (χ3v) is 6.24. The highest BCUT2D eigenvalue weighted by Crippen LogP contribution is 2.43. The van der Waals surface area contributed by atoms with Gasteiger partial charge >= 0.3 is 0 Å². The average molecular weight is 279 g/mol. The lowest BCUT2D eigenvalue weighted by molar-refractivity contribution is -0.0668. The molecule has 1 heterocycles. The van der Waals surface area contributed by atoms with E-state index in [1.165, 1.54) is 83.5 Å². The summed E-state index contributed by atoms with van der Waals surface area (Å²) >= 11 is 0. The largest absolute Gasteiger partial charge is 0.372 e. The fraction of sp³-hybridized carbons (Fsp3) is 1.00. The van der Waals surface area contributed by atoms with Gasteiger partial charge < -0.3 is 10.1 Å². The van der Waals surface area contributed by atoms with Crippen molar-refractivity contribution in [2.24, 2.45) is 5.92 Å². The molecular weight excluding hydrogens is 246 g/mol. The van der Waals surface area contributed by atoms with E-state index in [4.69, 9.17) is 4.74 Å². The molecule has 1 spiro atoms. The van der Waals surface area contributed by atoms with Crippen LogP contribution in [0.3, 0.4) is 0 Å². The van der Waals surface area contributed by atoms with Crippen molar-refractivity contribution in [1.82, 2.24) is 5.32 Å². The van der Waals surface area contributed by atoms with Crippen LogP contribution in [0.5, 0.6) is 0 Å². The van der Waals surface area contributed by atoms with E-state index in [2.05, 4.69) is 12.4 Å². The first-order valence-electron chi connectivity index (χ1n) is 9.16. The zero-order chi connectivity index (χ0) is 13.8. The topological polar surface area (TPSA) is 21.3 Å². The highest BCUT2D eigenvalue weighted by molar-refractivity contribution is 4.92. The fourth-order valence-electron chi connectivity index (χ4n) is 5.00. The Bertz CT molecular complexity index is 292. The molecule has 1 N–H and O–H groups in total. The Labute approximate surface area is 125 Å². The first-order chi connectivity index (χ1) is 9.81. The van der Waals surface area contributed by atoms with Crippen molar-refractivity contribution in [3.8, 4) is 0 Å². The van der Waals surface area contributed by atoms with Gasteiger partial charge in [-0.25, -0.2) is 0 Å². The van der Waals surface area contributed by atoms with E-state index in [1.54, 1.807) is 0 Å². The van der Waals surface area contributed by atoms with E-state index in [1.807, 2.05) is 0 Å². The summed E-state index contributed by atoms with van der Waals surface area (Å²) < 4.78 is 6.52. The molecule has 1 aliphatic heterocycles. The molecule has 0 aromatic heterocycles. The SMILES string of the molecule is CNC(CCC1CCC2(CCCCC2)O1)C1CCCC1. The Kier molecular flexibility index (Phi) is 5.04. The number of hydrogen-bond donors (Lipinski definition) is 1. The predicted octanol–water partition coefficient (Wildman–Crippen LogP) is 4.43. The second-order valence-electron chi connectivity index (χ2n) is 7.54. The lowest BCUT2D eigenvalue weighted by Gasteiger charge is -2.33. The van der Waals surface area contributed by atoms with E-state index >= 15 is 0 Å². The van der Waals surface area contributed by atoms with Gasteiger partial charge in [-0.2, -0.15) is 0 Å². The molecule has 3 rings (SSSR count). The maximum atomic E-state index is 6.52. The van der Waals surface area contributed by atoms with Crippen LogP contribution in [-0.4, -0.2) is 24.8 Å². The summed E-state index contributed by atoms with van der Waals surface area (Å²) in [6.07, 6.45) is 18.5. The molecule has 2 saturated carbocycles. The number of nitrogens with one attached hydrogen (secondary N) is 1. The maximum absolute atomic E-state index is 6.52. The van der Waals surface area contributed by atoms with E-state index in [0.717, 1.165) is 12.0 Å². The van der Waals surface area contributed by atoms with Crippen LogP contribution in [-0.2, 0) is 4.74 Å². The lowest BCUT2D eigenvalue weighted by Crippen LogP contribution is -2.34. The summed E-state index contributed by atoms with van der Waals surface area (Å²) in [4.78, 5) is 0. The van der Waals surface area contributed by atoms with E-state index in [9.17, 15) is 0 Å². The Balaban J connectivity index is 1.44. The third-order valence-electron chi connectivity index (χ3n) is 6.24. The minimum absolute atomic E-state index is 0.311. The van der Waals surface area contributed by atoms with Crippen LogP contribution in [0.2, 0.25) is 0 Å². The molecule has 116 valence electrons. The van der Waals surface area contributed by atoms with Gasteiger partial charge in [-0.15, -0.1) is 0 Å². The molecule has 2 heteroatoms. The Morgan fingerprint density at radius 1 is 1.00 bits per heavy atom. The smallest absolute Gasteiger partial charge is 0.0687 e. The lowest BCUT2D eigenvalue weighted by atomic mass is 9.83. The Morgan fingerprint density at radius 3 is 2.45 bits per heavy atom. The monoisotopic (exact) mass is 279 g/mol. The van der Waals surface area contributed by atoms with Gasteiger partial charge in [0.25, 0.3) is 0 Å². The first kappa shape index (κ1) is 14.8. The second kappa shape index (κ2) is 6.79. The van der Waals surface area contributed by atoms with Crippen molar-refractivity contribution in [3.63, 3.8) is 0 Å². The highest BCUT2D eigenvalue weighted by Gasteiger charge is 2.40. The second-order valence-corrected chi connectivity index (χ2v) is 7.54. The normalized spacial score (nSPS) is 31.9. The van der Waals surface area contributed by atoms with Crippen molar-refractivity contribution in [2.75, 3.05) is 7.05 Å². The van der Waals surface area contributed by atoms with E-state index in [-0.39, 0.29) is 0 Å².